The van der Waals surface area contributed by atoms with Crippen molar-refractivity contribution in [2.45, 2.75) is 25.3 Å². The molecule has 8 nitrogen and oxygen atoms in total. The Balaban J connectivity index is -0.0000000231. The van der Waals surface area contributed by atoms with Crippen LogP contribution < -0.4 is 11.5 Å². The van der Waals surface area contributed by atoms with Gasteiger partial charge < -0.3 is 34.1 Å². The van der Waals surface area contributed by atoms with Crippen LogP contribution in [-0.2, 0) is 28.8 Å². The molecule has 0 rings (SSSR count). The fraction of sp³-hybridized carbons (Fsp3) is 0.833. The van der Waals surface area contributed by atoms with E-state index in [0.29, 0.717) is 13.0 Å². The second kappa shape index (κ2) is 21.8. The zero-order chi connectivity index (χ0) is 12.5. The van der Waals surface area contributed by atoms with Gasteiger partial charge in [0.15, 0.2) is 0 Å². The van der Waals surface area contributed by atoms with Gasteiger partial charge in [-0.25, -0.2) is 4.57 Å². The van der Waals surface area contributed by atoms with E-state index in [1.165, 1.54) is 0 Å². The van der Waals surface area contributed by atoms with Gasteiger partial charge in [0.05, 0.1) is 0 Å². The zero-order valence-corrected chi connectivity index (χ0v) is 17.3. The predicted molar refractivity (Wildman–Crippen MR) is 75.3 cm³/mol. The molecule has 0 aliphatic rings. The summed E-state index contributed by atoms with van der Waals surface area (Å²) in [4.78, 5) is 31.7. The number of aliphatic carboxylic acids is 1. The molecule has 0 amide bonds. The summed E-state index contributed by atoms with van der Waals surface area (Å²) in [5.41, 5.74) is 10.4. The van der Waals surface area contributed by atoms with Crippen LogP contribution in [0.25, 0.3) is 0 Å². The number of hydrogen-bond acceptors (Lipinski definition) is 4. The molecule has 0 aromatic heterocycles. The number of phosphoric acid groups is 1. The minimum Gasteiger partial charge on any atom is -1.00 e. The third-order valence-electron chi connectivity index (χ3n) is 1.29. The number of carboxylic acid groups (broad SMARTS) is 1. The van der Waals surface area contributed by atoms with Gasteiger partial charge in [0.25, 0.3) is 0 Å². The molecule has 0 aliphatic carbocycles. The number of unbranched alkanes of at least 4 members (excludes halogenated alkanes) is 1. The van der Waals surface area contributed by atoms with Crippen molar-refractivity contribution >= 4 is 61.7 Å². The molecule has 0 saturated carbocycles. The van der Waals surface area contributed by atoms with Crippen LogP contribution in [0.2, 0.25) is 0 Å². The number of halogens is 2. The molecule has 0 heterocycles. The Labute approximate surface area is 156 Å². The number of hydrogen-bond donors (Lipinski definition) is 6. The van der Waals surface area contributed by atoms with Crippen molar-refractivity contribution in [2.75, 3.05) is 6.54 Å². The molecule has 0 aliphatic heterocycles. The fourth-order valence-electron chi connectivity index (χ4n) is 0.632. The van der Waals surface area contributed by atoms with Crippen molar-refractivity contribution in [2.24, 2.45) is 11.5 Å². The van der Waals surface area contributed by atoms with Crippen LogP contribution in [0, 0.1) is 0 Å². The van der Waals surface area contributed by atoms with E-state index in [1.54, 1.807) is 0 Å². The van der Waals surface area contributed by atoms with Gasteiger partial charge in [-0.2, -0.15) is 0 Å². The van der Waals surface area contributed by atoms with Gasteiger partial charge in [-0.05, 0) is 19.4 Å². The fourth-order valence-corrected chi connectivity index (χ4v) is 0.632. The third kappa shape index (κ3) is 54.2. The molecule has 0 fully saturated rings. The summed E-state index contributed by atoms with van der Waals surface area (Å²) in [5.74, 6) is -0.933. The summed E-state index contributed by atoms with van der Waals surface area (Å²) in [7, 11) is -4.64. The summed E-state index contributed by atoms with van der Waals surface area (Å²) < 4.78 is 8.88. The Morgan fingerprint density at radius 3 is 1.74 bits per heavy atom. The van der Waals surface area contributed by atoms with Gasteiger partial charge in [-0.15, -0.1) is 24.8 Å². The van der Waals surface area contributed by atoms with Crippen LogP contribution in [0.4, 0.5) is 0 Å². The second-order valence-electron chi connectivity index (χ2n) is 2.74. The van der Waals surface area contributed by atoms with Gasteiger partial charge in [0, 0.05) is 19.5 Å². The molecule has 0 bridgehead atoms. The average Bonchev–Trinajstić information content (AvgIpc) is 2.01. The van der Waals surface area contributed by atoms with Crippen molar-refractivity contribution in [1.82, 2.24) is 0 Å². The topological polar surface area (TPSA) is 167 Å². The van der Waals surface area contributed by atoms with Crippen LogP contribution in [0.5, 0.6) is 0 Å². The maximum atomic E-state index is 10.1. The van der Waals surface area contributed by atoms with Gasteiger partial charge in [-0.1, -0.05) is 6.42 Å². The summed E-state index contributed by atoms with van der Waals surface area (Å²) in [6, 6.07) is -0.716. The normalized spacial score (nSPS) is 9.95. The van der Waals surface area contributed by atoms with Crippen molar-refractivity contribution < 1.29 is 51.5 Å². The molecule has 1 atom stereocenters. The molecular weight excluding hydrogens is 388 g/mol. The monoisotopic (exact) mass is 406 g/mol. The van der Waals surface area contributed by atoms with Crippen LogP contribution in [0.1, 0.15) is 22.1 Å². The van der Waals surface area contributed by atoms with Crippen LogP contribution >= 0.6 is 32.6 Å². The Morgan fingerprint density at radius 1 is 1.21 bits per heavy atom. The van der Waals surface area contributed by atoms with Gasteiger partial charge in [0.2, 0.25) is 0 Å². The van der Waals surface area contributed by atoms with E-state index in [2.05, 4.69) is 0 Å². The smallest absolute Gasteiger partial charge is 1.00 e. The average molecular weight is 409 g/mol. The first-order chi connectivity index (χ1) is 6.68. The molecule has 0 aromatic rings. The van der Waals surface area contributed by atoms with Crippen molar-refractivity contribution in [1.29, 1.82) is 0 Å². The first-order valence-electron chi connectivity index (χ1n) is 4.15. The first-order valence-corrected chi connectivity index (χ1v) is 5.71. The van der Waals surface area contributed by atoms with Gasteiger partial charge >= 0.3 is 36.8 Å². The summed E-state index contributed by atoms with van der Waals surface area (Å²) in [6.07, 6.45) is 2.16. The van der Waals surface area contributed by atoms with Gasteiger partial charge in [0.1, 0.15) is 6.04 Å². The summed E-state index contributed by atoms with van der Waals surface area (Å²) in [5, 5.41) is 8.33. The Hall–Kier alpha value is 1.47. The minimum atomic E-state index is -4.64. The summed E-state index contributed by atoms with van der Waals surface area (Å²) in [6.45, 7) is 0.604. The second-order valence-corrected chi connectivity index (χ2v) is 3.77. The van der Waals surface area contributed by atoms with E-state index < -0.39 is 19.8 Å². The quantitative estimate of drug-likeness (QED) is 0.197. The molecule has 114 valence electrons. The Morgan fingerprint density at radius 2 is 1.53 bits per heavy atom. The number of carbonyl (C=O) groups is 1. The van der Waals surface area contributed by atoms with E-state index in [1.807, 2.05) is 0 Å². The standard InChI is InChI=1S/C6H14N2O2.2ClH.Mg.H3O4P.Zn.2H/c7-4-2-1-3-5(8)6(9)10;;;;1-5(2,3)4;;;/h5H,1-4,7-8H2,(H,9,10);2*1H;;(H3,1,2,3,4);;;/q;;;+2;;;2*-1. The molecule has 1 unspecified atom stereocenters. The predicted octanol–water partition coefficient (Wildman–Crippen LogP) is -0.716. The van der Waals surface area contributed by atoms with Crippen molar-refractivity contribution in [3.63, 3.8) is 0 Å². The van der Waals surface area contributed by atoms with E-state index in [9.17, 15) is 4.79 Å². The minimum absolute atomic E-state index is 0. The molecule has 0 aromatic carbocycles. The SMILES string of the molecule is Cl.Cl.NCCCCC(N)C(=O)O.O=P(O)(O)O.[H-].[H-].[Mg+2].[Zn]. The van der Waals surface area contributed by atoms with E-state index in [0.717, 1.165) is 12.8 Å². The number of nitrogens with two attached hydrogens (primary N) is 2. The van der Waals surface area contributed by atoms with Crippen LogP contribution in [-0.4, -0.2) is 61.4 Å². The molecule has 0 spiro atoms. The molecule has 0 saturated heterocycles. The molecular formula is C6H21Cl2MgN2O6PZn. The largest absolute Gasteiger partial charge is 2.00 e. The summed E-state index contributed by atoms with van der Waals surface area (Å²) >= 11 is 0. The van der Waals surface area contributed by atoms with E-state index in [4.69, 9.17) is 35.8 Å². The van der Waals surface area contributed by atoms with E-state index in [-0.39, 0.29) is 70.2 Å². The van der Waals surface area contributed by atoms with E-state index >= 15 is 0 Å². The number of carboxylic acids is 1. The maximum Gasteiger partial charge on any atom is 2.00 e. The zero-order valence-electron chi connectivity index (χ0n) is 12.3. The number of rotatable bonds is 5. The first kappa shape index (κ1) is 37.1. The van der Waals surface area contributed by atoms with Crippen LogP contribution in [0.15, 0.2) is 0 Å². The molecule has 8 N–H and O–H groups in total. The Bertz CT molecular complexity index is 239. The Kier molecular flexibility index (Phi) is 42.4. The van der Waals surface area contributed by atoms with Gasteiger partial charge in [-0.3, -0.25) is 4.79 Å². The third-order valence-corrected chi connectivity index (χ3v) is 1.29. The molecule has 13 heteroatoms. The van der Waals surface area contributed by atoms with Crippen molar-refractivity contribution in [3.8, 4) is 0 Å². The molecule has 0 radical (unpaired) electrons. The van der Waals surface area contributed by atoms with Crippen molar-refractivity contribution in [3.05, 3.63) is 0 Å². The van der Waals surface area contributed by atoms with Crippen LogP contribution in [0.3, 0.4) is 0 Å². The molecule has 19 heavy (non-hydrogen) atoms. The maximum absolute atomic E-state index is 10.1.